The summed E-state index contributed by atoms with van der Waals surface area (Å²) in [6.45, 7) is 10.6. The van der Waals surface area contributed by atoms with E-state index in [1.807, 2.05) is 51.1 Å². The van der Waals surface area contributed by atoms with E-state index in [0.29, 0.717) is 56.0 Å². The molecule has 1 spiro atoms. The summed E-state index contributed by atoms with van der Waals surface area (Å²) in [5.41, 5.74) is 6.73. The van der Waals surface area contributed by atoms with Crippen LogP contribution in [0.2, 0.25) is 0 Å². The SMILES string of the molecule is CCN(c1cc(-c2ccc3c(c2)NC(=O)C32CCN(S(C)(=O)=O)CC2)cc(C(=O)NCc2c(C)cc(C)[nH]c2=O)c1C)C1CCOCC1. The van der Waals surface area contributed by atoms with Gasteiger partial charge in [0.25, 0.3) is 11.5 Å². The Morgan fingerprint density at radius 3 is 2.40 bits per heavy atom. The monoisotopic (exact) mass is 675 g/mol. The Morgan fingerprint density at radius 1 is 1.04 bits per heavy atom. The Hall–Kier alpha value is -4.00. The lowest BCUT2D eigenvalue weighted by Gasteiger charge is -2.37. The zero-order valence-corrected chi connectivity index (χ0v) is 29.2. The molecule has 2 aromatic carbocycles. The summed E-state index contributed by atoms with van der Waals surface area (Å²) >= 11 is 0. The lowest BCUT2D eigenvalue weighted by Crippen LogP contribution is -2.47. The molecule has 3 N–H and O–H groups in total. The van der Waals surface area contributed by atoms with Crippen LogP contribution >= 0.6 is 0 Å². The van der Waals surface area contributed by atoms with Crippen LogP contribution in [-0.2, 0) is 31.5 Å². The molecule has 4 heterocycles. The second-order valence-corrected chi connectivity index (χ2v) is 15.4. The molecular weight excluding hydrogens is 630 g/mol. The van der Waals surface area contributed by atoms with Gasteiger partial charge in [-0.15, -0.1) is 0 Å². The number of amides is 2. The molecule has 0 aliphatic carbocycles. The van der Waals surface area contributed by atoms with E-state index in [1.165, 1.54) is 10.6 Å². The molecule has 2 saturated heterocycles. The first-order chi connectivity index (χ1) is 22.8. The molecule has 48 heavy (non-hydrogen) atoms. The van der Waals surface area contributed by atoms with Gasteiger partial charge >= 0.3 is 0 Å². The number of hydrogen-bond donors (Lipinski definition) is 3. The molecule has 12 heteroatoms. The number of nitrogens with one attached hydrogen (secondary N) is 3. The molecule has 0 atom stereocenters. The van der Waals surface area contributed by atoms with E-state index in [4.69, 9.17) is 4.74 Å². The number of carbonyl (C=O) groups is 2. The Balaban J connectivity index is 1.37. The van der Waals surface area contributed by atoms with Crippen LogP contribution in [0.15, 0.2) is 41.2 Å². The number of piperidine rings is 1. The van der Waals surface area contributed by atoms with Gasteiger partial charge < -0.3 is 25.3 Å². The highest BCUT2D eigenvalue weighted by atomic mass is 32.2. The molecule has 3 aliphatic heterocycles. The maximum absolute atomic E-state index is 13.9. The van der Waals surface area contributed by atoms with Crippen LogP contribution in [-0.4, -0.2) is 74.7 Å². The van der Waals surface area contributed by atoms with Crippen LogP contribution < -0.4 is 21.1 Å². The number of nitrogens with zero attached hydrogens (tertiary/aromatic N) is 2. The highest BCUT2D eigenvalue weighted by Crippen LogP contribution is 2.47. The predicted molar refractivity (Wildman–Crippen MR) is 187 cm³/mol. The Bertz CT molecular complexity index is 1920. The number of benzene rings is 2. The number of anilines is 2. The molecule has 3 aliphatic rings. The van der Waals surface area contributed by atoms with Crippen molar-refractivity contribution in [3.05, 3.63) is 80.3 Å². The number of fused-ring (bicyclic) bond motifs is 2. The van der Waals surface area contributed by atoms with Gasteiger partial charge in [-0.1, -0.05) is 12.1 Å². The maximum atomic E-state index is 13.9. The van der Waals surface area contributed by atoms with Crippen molar-refractivity contribution in [2.24, 2.45) is 0 Å². The summed E-state index contributed by atoms with van der Waals surface area (Å²) in [4.78, 5) is 45.2. The third-order valence-corrected chi connectivity index (χ3v) is 11.7. The molecule has 3 aromatic rings. The molecule has 0 unspecified atom stereocenters. The van der Waals surface area contributed by atoms with Gasteiger partial charge in [0, 0.05) is 73.6 Å². The summed E-state index contributed by atoms with van der Waals surface area (Å²) in [7, 11) is -3.33. The number of sulfonamides is 1. The first-order valence-electron chi connectivity index (χ1n) is 16.7. The van der Waals surface area contributed by atoms with Crippen LogP contribution in [0.1, 0.15) is 70.9 Å². The normalized spacial score (nSPS) is 18.1. The second kappa shape index (κ2) is 13.1. The Kier molecular flexibility index (Phi) is 9.27. The minimum Gasteiger partial charge on any atom is -0.381 e. The molecular formula is C36H45N5O6S. The molecule has 256 valence electrons. The Labute approximate surface area is 282 Å². The first kappa shape index (κ1) is 33.9. The third-order valence-electron chi connectivity index (χ3n) is 10.4. The molecule has 0 saturated carbocycles. The lowest BCUT2D eigenvalue weighted by atomic mass is 9.74. The van der Waals surface area contributed by atoms with Crippen molar-refractivity contribution in [2.45, 2.75) is 71.4 Å². The number of rotatable bonds is 8. The topological polar surface area (TPSA) is 141 Å². The van der Waals surface area contributed by atoms with Crippen LogP contribution in [0.3, 0.4) is 0 Å². The van der Waals surface area contributed by atoms with Crippen LogP contribution in [0.25, 0.3) is 11.1 Å². The van der Waals surface area contributed by atoms with Gasteiger partial charge in [0.05, 0.1) is 11.7 Å². The number of aromatic nitrogens is 1. The standard InChI is InChI=1S/C36H45N5O6S/c1-6-41(27-9-15-47-16-10-27)32-20-26(18-28(24(32)4)33(42)37-21-29-22(2)17-23(3)38-34(29)43)25-7-8-30-31(19-25)39-35(44)36(30)11-13-40(14-12-36)48(5,45)46/h7-8,17-20,27H,6,9-16,21H2,1-5H3,(H,37,42)(H,38,43)(H,39,44). The fraction of sp³-hybridized carbons (Fsp3) is 0.472. The number of carbonyl (C=O) groups excluding carboxylic acids is 2. The van der Waals surface area contributed by atoms with E-state index in [1.54, 1.807) is 0 Å². The molecule has 0 bridgehead atoms. The smallest absolute Gasteiger partial charge is 0.253 e. The van der Waals surface area contributed by atoms with Crippen molar-refractivity contribution in [1.82, 2.24) is 14.6 Å². The van der Waals surface area contributed by atoms with E-state index < -0.39 is 15.4 Å². The number of pyridine rings is 1. The summed E-state index contributed by atoms with van der Waals surface area (Å²) in [5.74, 6) is -0.380. The van der Waals surface area contributed by atoms with Crippen molar-refractivity contribution in [2.75, 3.05) is 49.3 Å². The highest BCUT2D eigenvalue weighted by molar-refractivity contribution is 7.88. The summed E-state index contributed by atoms with van der Waals surface area (Å²) in [6, 6.07) is 12.1. The second-order valence-electron chi connectivity index (χ2n) is 13.4. The van der Waals surface area contributed by atoms with Crippen molar-refractivity contribution in [3.63, 3.8) is 0 Å². The quantitative estimate of drug-likeness (QED) is 0.326. The number of H-pyrrole nitrogens is 1. The average Bonchev–Trinajstić information content (AvgIpc) is 3.31. The van der Waals surface area contributed by atoms with Crippen molar-refractivity contribution < 1.29 is 22.7 Å². The summed E-state index contributed by atoms with van der Waals surface area (Å²) in [6.07, 6.45) is 3.81. The van der Waals surface area contributed by atoms with E-state index >= 15 is 0 Å². The fourth-order valence-corrected chi connectivity index (χ4v) is 8.54. The summed E-state index contributed by atoms with van der Waals surface area (Å²) in [5, 5.41) is 6.08. The van der Waals surface area contributed by atoms with Gasteiger partial charge in [-0.3, -0.25) is 14.4 Å². The zero-order chi connectivity index (χ0) is 34.4. The minimum absolute atomic E-state index is 0.0977. The minimum atomic E-state index is -3.33. The zero-order valence-electron chi connectivity index (χ0n) is 28.4. The van der Waals surface area contributed by atoms with Gasteiger partial charge in [-0.2, -0.15) is 0 Å². The maximum Gasteiger partial charge on any atom is 0.253 e. The molecule has 11 nitrogen and oxygen atoms in total. The van der Waals surface area contributed by atoms with Crippen LogP contribution in [0.5, 0.6) is 0 Å². The number of hydrogen-bond acceptors (Lipinski definition) is 7. The molecule has 2 amide bonds. The molecule has 6 rings (SSSR count). The van der Waals surface area contributed by atoms with Gasteiger partial charge in [-0.05, 0) is 105 Å². The average molecular weight is 676 g/mol. The first-order valence-corrected chi connectivity index (χ1v) is 18.6. The van der Waals surface area contributed by atoms with Crippen molar-refractivity contribution >= 4 is 33.2 Å². The largest absolute Gasteiger partial charge is 0.381 e. The van der Waals surface area contributed by atoms with Crippen LogP contribution in [0, 0.1) is 20.8 Å². The fourth-order valence-electron chi connectivity index (χ4n) is 7.69. The van der Waals surface area contributed by atoms with E-state index in [2.05, 4.69) is 33.5 Å². The van der Waals surface area contributed by atoms with Crippen molar-refractivity contribution in [3.8, 4) is 11.1 Å². The molecule has 0 radical (unpaired) electrons. The number of aryl methyl sites for hydroxylation is 2. The lowest BCUT2D eigenvalue weighted by molar-refractivity contribution is -0.122. The van der Waals surface area contributed by atoms with Gasteiger partial charge in [0.15, 0.2) is 0 Å². The molecule has 2 fully saturated rings. The Morgan fingerprint density at radius 2 is 1.75 bits per heavy atom. The number of aromatic amines is 1. The third kappa shape index (κ3) is 6.28. The summed E-state index contributed by atoms with van der Waals surface area (Å²) < 4.78 is 31.4. The highest BCUT2D eigenvalue weighted by Gasteiger charge is 2.49. The van der Waals surface area contributed by atoms with Gasteiger partial charge in [0.1, 0.15) is 0 Å². The van der Waals surface area contributed by atoms with Gasteiger partial charge in [-0.25, -0.2) is 12.7 Å². The van der Waals surface area contributed by atoms with E-state index in [0.717, 1.165) is 58.6 Å². The van der Waals surface area contributed by atoms with Crippen molar-refractivity contribution in [1.29, 1.82) is 0 Å². The number of ether oxygens (including phenoxy) is 1. The van der Waals surface area contributed by atoms with E-state index in [9.17, 15) is 22.8 Å². The molecule has 1 aromatic heterocycles. The van der Waals surface area contributed by atoms with E-state index in [-0.39, 0.29) is 30.0 Å². The predicted octanol–water partition coefficient (Wildman–Crippen LogP) is 4.15. The van der Waals surface area contributed by atoms with Gasteiger partial charge in [0.2, 0.25) is 15.9 Å². The van der Waals surface area contributed by atoms with Crippen LogP contribution in [0.4, 0.5) is 11.4 Å².